The van der Waals surface area contributed by atoms with E-state index in [4.69, 9.17) is 0 Å². The van der Waals surface area contributed by atoms with Gasteiger partial charge in [0.15, 0.2) is 0 Å². The molecule has 0 aromatic heterocycles. The number of halogens is 1. The summed E-state index contributed by atoms with van der Waals surface area (Å²) in [5.74, 6) is 0.911. The molecule has 0 aliphatic carbocycles. The van der Waals surface area contributed by atoms with Crippen LogP contribution in [0.4, 0.5) is 0 Å². The van der Waals surface area contributed by atoms with Gasteiger partial charge in [0.25, 0.3) is 0 Å². The Morgan fingerprint density at radius 2 is 1.56 bits per heavy atom. The maximum Gasteiger partial charge on any atom is 0.243 e. The summed E-state index contributed by atoms with van der Waals surface area (Å²) in [6, 6.07) is 25.7. The Kier molecular flexibility index (Phi) is 11.1. The molecule has 0 saturated heterocycles. The first-order valence-electron chi connectivity index (χ1n) is 12.4. The molecule has 4 nitrogen and oxygen atoms in total. The highest BCUT2D eigenvalue weighted by Gasteiger charge is 2.30. The van der Waals surface area contributed by atoms with E-state index >= 15 is 0 Å². The lowest BCUT2D eigenvalue weighted by Crippen LogP contribution is -2.52. The molecule has 190 valence electrons. The third-order valence-electron chi connectivity index (χ3n) is 6.15. The Bertz CT molecular complexity index is 1100. The van der Waals surface area contributed by atoms with Crippen LogP contribution in [0.5, 0.6) is 0 Å². The quantitative estimate of drug-likeness (QED) is 0.270. The Morgan fingerprint density at radius 1 is 0.917 bits per heavy atom. The summed E-state index contributed by atoms with van der Waals surface area (Å²) in [6.07, 6.45) is 1.30. The molecule has 0 aliphatic rings. The summed E-state index contributed by atoms with van der Waals surface area (Å²) in [6.45, 7) is 6.48. The molecule has 3 aromatic carbocycles. The first-order chi connectivity index (χ1) is 17.4. The van der Waals surface area contributed by atoms with Crippen molar-refractivity contribution in [2.24, 2.45) is 0 Å². The van der Waals surface area contributed by atoms with Gasteiger partial charge in [0, 0.05) is 29.2 Å². The van der Waals surface area contributed by atoms with E-state index in [2.05, 4.69) is 33.4 Å². The van der Waals surface area contributed by atoms with Gasteiger partial charge in [0.05, 0.1) is 5.75 Å². The molecule has 1 N–H and O–H groups in total. The predicted octanol–water partition coefficient (Wildman–Crippen LogP) is 6.55. The molecule has 3 rings (SSSR count). The van der Waals surface area contributed by atoms with Gasteiger partial charge in [-0.25, -0.2) is 0 Å². The van der Waals surface area contributed by atoms with Crippen LogP contribution in [0.25, 0.3) is 0 Å². The topological polar surface area (TPSA) is 49.4 Å². The molecular weight excluding hydrogens is 532 g/mol. The second kappa shape index (κ2) is 14.2. The molecular formula is C30H35BrN2O2S. The van der Waals surface area contributed by atoms with E-state index < -0.39 is 6.04 Å². The highest BCUT2D eigenvalue weighted by Crippen LogP contribution is 2.20. The molecule has 2 amide bonds. The van der Waals surface area contributed by atoms with Crippen LogP contribution in [-0.2, 0) is 28.3 Å². The molecule has 3 aromatic rings. The highest BCUT2D eigenvalue weighted by atomic mass is 79.9. The number of carbonyl (C=O) groups is 2. The molecule has 0 saturated carbocycles. The second-order valence-corrected chi connectivity index (χ2v) is 11.1. The van der Waals surface area contributed by atoms with Crippen molar-refractivity contribution in [1.82, 2.24) is 10.2 Å². The SMILES string of the molecule is CC[C@H](C)NC(=O)[C@H](Cc1ccccc1)N(Cc1ccc(C)cc1)C(=O)CSCc1ccc(Br)cc1. The summed E-state index contributed by atoms with van der Waals surface area (Å²) >= 11 is 5.04. The lowest BCUT2D eigenvalue weighted by Gasteiger charge is -2.32. The third-order valence-corrected chi connectivity index (χ3v) is 7.67. The minimum absolute atomic E-state index is 0.0297. The molecule has 0 aliphatic heterocycles. The van der Waals surface area contributed by atoms with Crippen molar-refractivity contribution < 1.29 is 9.59 Å². The van der Waals surface area contributed by atoms with Gasteiger partial charge < -0.3 is 10.2 Å². The predicted molar refractivity (Wildman–Crippen MR) is 154 cm³/mol. The van der Waals surface area contributed by atoms with Crippen LogP contribution in [0.15, 0.2) is 83.3 Å². The third kappa shape index (κ3) is 8.82. The van der Waals surface area contributed by atoms with E-state index in [-0.39, 0.29) is 17.9 Å². The molecule has 0 radical (unpaired) electrons. The monoisotopic (exact) mass is 566 g/mol. The number of aryl methyl sites for hydroxylation is 1. The van der Waals surface area contributed by atoms with Crippen molar-refractivity contribution in [3.05, 3.63) is 106 Å². The van der Waals surface area contributed by atoms with Crippen LogP contribution in [0.1, 0.15) is 42.5 Å². The van der Waals surface area contributed by atoms with Crippen LogP contribution >= 0.6 is 27.7 Å². The first kappa shape index (κ1) is 28.0. The zero-order valence-corrected chi connectivity index (χ0v) is 23.6. The Morgan fingerprint density at radius 3 is 2.19 bits per heavy atom. The number of benzene rings is 3. The van der Waals surface area contributed by atoms with E-state index in [1.165, 1.54) is 0 Å². The average Bonchev–Trinajstić information content (AvgIpc) is 2.88. The van der Waals surface area contributed by atoms with Crippen molar-refractivity contribution in [2.75, 3.05) is 5.75 Å². The normalized spacial score (nSPS) is 12.6. The Hall–Kier alpha value is -2.57. The van der Waals surface area contributed by atoms with Crippen molar-refractivity contribution in [1.29, 1.82) is 0 Å². The minimum atomic E-state index is -0.594. The molecule has 6 heteroatoms. The van der Waals surface area contributed by atoms with Gasteiger partial charge >= 0.3 is 0 Å². The van der Waals surface area contributed by atoms with Gasteiger partial charge in [-0.1, -0.05) is 95.1 Å². The number of hydrogen-bond acceptors (Lipinski definition) is 3. The number of nitrogens with one attached hydrogen (secondary N) is 1. The maximum atomic E-state index is 13.7. The molecule has 0 spiro atoms. The largest absolute Gasteiger partial charge is 0.352 e. The van der Waals surface area contributed by atoms with E-state index in [9.17, 15) is 9.59 Å². The lowest BCUT2D eigenvalue weighted by atomic mass is 10.0. The number of nitrogens with zero attached hydrogens (tertiary/aromatic N) is 1. The van der Waals surface area contributed by atoms with Crippen LogP contribution < -0.4 is 5.32 Å². The number of carbonyl (C=O) groups excluding carboxylic acids is 2. The van der Waals surface area contributed by atoms with Crippen LogP contribution in [-0.4, -0.2) is 34.6 Å². The first-order valence-corrected chi connectivity index (χ1v) is 14.3. The van der Waals surface area contributed by atoms with Crippen LogP contribution in [0.3, 0.4) is 0 Å². The molecule has 0 bridgehead atoms. The standard InChI is InChI=1S/C30H35BrN2O2S/c1-4-23(3)32-30(35)28(18-24-8-6-5-7-9-24)33(19-25-12-10-22(2)11-13-25)29(34)21-36-20-26-14-16-27(31)17-15-26/h5-17,23,28H,4,18-21H2,1-3H3,(H,32,35)/t23-,28-/m0/s1. The van der Waals surface area contributed by atoms with Gasteiger partial charge in [-0.2, -0.15) is 0 Å². The van der Waals surface area contributed by atoms with E-state index in [0.29, 0.717) is 18.7 Å². The van der Waals surface area contributed by atoms with Crippen molar-refractivity contribution in [3.8, 4) is 0 Å². The maximum absolute atomic E-state index is 13.7. The number of thioether (sulfide) groups is 1. The Labute approximate surface area is 228 Å². The zero-order valence-electron chi connectivity index (χ0n) is 21.2. The van der Waals surface area contributed by atoms with Gasteiger partial charge in [-0.05, 0) is 49.1 Å². The van der Waals surface area contributed by atoms with Gasteiger partial charge in [-0.15, -0.1) is 11.8 Å². The summed E-state index contributed by atoms with van der Waals surface area (Å²) in [5, 5.41) is 3.12. The van der Waals surface area contributed by atoms with Gasteiger partial charge in [0.1, 0.15) is 6.04 Å². The van der Waals surface area contributed by atoms with Gasteiger partial charge in [0.2, 0.25) is 11.8 Å². The minimum Gasteiger partial charge on any atom is -0.352 e. The van der Waals surface area contributed by atoms with Crippen molar-refractivity contribution >= 4 is 39.5 Å². The van der Waals surface area contributed by atoms with E-state index in [0.717, 1.165) is 38.9 Å². The molecule has 2 atom stereocenters. The fraction of sp³-hybridized carbons (Fsp3) is 0.333. The van der Waals surface area contributed by atoms with Crippen molar-refractivity contribution in [3.63, 3.8) is 0 Å². The zero-order chi connectivity index (χ0) is 25.9. The molecule has 0 heterocycles. The summed E-state index contributed by atoms with van der Waals surface area (Å²) in [4.78, 5) is 29.0. The molecule has 36 heavy (non-hydrogen) atoms. The number of hydrogen-bond donors (Lipinski definition) is 1. The number of amides is 2. The Balaban J connectivity index is 1.84. The van der Waals surface area contributed by atoms with Gasteiger partial charge in [-0.3, -0.25) is 9.59 Å². The van der Waals surface area contributed by atoms with Crippen LogP contribution in [0, 0.1) is 6.92 Å². The number of rotatable bonds is 12. The summed E-state index contributed by atoms with van der Waals surface area (Å²) in [7, 11) is 0. The smallest absolute Gasteiger partial charge is 0.243 e. The van der Waals surface area contributed by atoms with E-state index in [1.54, 1.807) is 16.7 Å². The molecule has 0 fully saturated rings. The second-order valence-electron chi connectivity index (χ2n) is 9.15. The van der Waals surface area contributed by atoms with Crippen LogP contribution in [0.2, 0.25) is 0 Å². The fourth-order valence-corrected chi connectivity index (χ4v) is 4.94. The molecule has 0 unspecified atom stereocenters. The van der Waals surface area contributed by atoms with E-state index in [1.807, 2.05) is 87.5 Å². The lowest BCUT2D eigenvalue weighted by molar-refractivity contribution is -0.139. The van der Waals surface area contributed by atoms with Crippen molar-refractivity contribution in [2.45, 2.75) is 58.0 Å². The average molecular weight is 568 g/mol. The fourth-order valence-electron chi connectivity index (χ4n) is 3.80. The summed E-state index contributed by atoms with van der Waals surface area (Å²) in [5.41, 5.74) is 4.38. The highest BCUT2D eigenvalue weighted by molar-refractivity contribution is 9.10. The summed E-state index contributed by atoms with van der Waals surface area (Å²) < 4.78 is 1.03.